The zero-order valence-electron chi connectivity index (χ0n) is 15.1. The van der Waals surface area contributed by atoms with Gasteiger partial charge in [-0.1, -0.05) is 12.1 Å². The third-order valence-corrected chi connectivity index (χ3v) is 4.24. The minimum absolute atomic E-state index is 0.107. The van der Waals surface area contributed by atoms with E-state index in [1.165, 1.54) is 18.2 Å². The topological polar surface area (TPSA) is 108 Å². The summed E-state index contributed by atoms with van der Waals surface area (Å²) in [5.74, 6) is -0.314. The highest BCUT2D eigenvalue weighted by molar-refractivity contribution is 9.10. The number of hydrogen-bond acceptors (Lipinski definition) is 6. The second kappa shape index (κ2) is 10.4. The lowest BCUT2D eigenvalue weighted by molar-refractivity contribution is -0.384. The lowest BCUT2D eigenvalue weighted by Gasteiger charge is -2.09. The van der Waals surface area contributed by atoms with Crippen molar-refractivity contribution in [3.8, 4) is 5.75 Å². The van der Waals surface area contributed by atoms with Crippen molar-refractivity contribution in [3.63, 3.8) is 0 Å². The number of rotatable bonds is 9. The predicted molar refractivity (Wildman–Crippen MR) is 106 cm³/mol. The number of esters is 1. The Morgan fingerprint density at radius 3 is 2.68 bits per heavy atom. The number of amides is 1. The molecule has 0 bridgehead atoms. The van der Waals surface area contributed by atoms with E-state index in [1.54, 1.807) is 0 Å². The van der Waals surface area contributed by atoms with Crippen LogP contribution in [0.4, 0.5) is 11.4 Å². The van der Waals surface area contributed by atoms with Gasteiger partial charge >= 0.3 is 5.97 Å². The fourth-order valence-electron chi connectivity index (χ4n) is 2.24. The van der Waals surface area contributed by atoms with Crippen molar-refractivity contribution in [2.45, 2.75) is 19.8 Å². The number of nitro groups is 1. The number of carbonyl (C=O) groups is 2. The Kier molecular flexibility index (Phi) is 7.94. The van der Waals surface area contributed by atoms with Gasteiger partial charge in [-0.2, -0.15) is 0 Å². The Hall–Kier alpha value is -2.94. The van der Waals surface area contributed by atoms with E-state index < -0.39 is 23.4 Å². The molecule has 1 N–H and O–H groups in total. The number of halogens is 1. The third-order valence-electron chi connectivity index (χ3n) is 3.59. The third kappa shape index (κ3) is 6.99. The molecule has 9 heteroatoms. The summed E-state index contributed by atoms with van der Waals surface area (Å²) in [6.45, 7) is 1.88. The zero-order valence-corrected chi connectivity index (χ0v) is 16.7. The first-order valence-corrected chi connectivity index (χ1v) is 9.23. The largest absolute Gasteiger partial charge is 0.494 e. The van der Waals surface area contributed by atoms with E-state index in [-0.39, 0.29) is 12.1 Å². The summed E-state index contributed by atoms with van der Waals surface area (Å²) in [7, 11) is 0. The Morgan fingerprint density at radius 2 is 2.00 bits per heavy atom. The molecule has 0 fully saturated rings. The summed E-state index contributed by atoms with van der Waals surface area (Å²) < 4.78 is 10.8. The summed E-state index contributed by atoms with van der Waals surface area (Å²) in [5, 5.41) is 13.2. The van der Waals surface area contributed by atoms with Gasteiger partial charge in [-0.3, -0.25) is 19.7 Å². The minimum Gasteiger partial charge on any atom is -0.494 e. The molecule has 0 unspecified atom stereocenters. The van der Waals surface area contributed by atoms with Gasteiger partial charge in [0.25, 0.3) is 11.6 Å². The van der Waals surface area contributed by atoms with Crippen LogP contribution in [0.3, 0.4) is 0 Å². The van der Waals surface area contributed by atoms with Gasteiger partial charge in [0.1, 0.15) is 5.75 Å². The molecule has 0 aromatic heterocycles. The average Bonchev–Trinajstić information content (AvgIpc) is 2.65. The molecule has 0 saturated heterocycles. The van der Waals surface area contributed by atoms with Crippen molar-refractivity contribution in [3.05, 3.63) is 62.6 Å². The average molecular weight is 451 g/mol. The maximum absolute atomic E-state index is 11.9. The molecule has 0 atom stereocenters. The van der Waals surface area contributed by atoms with Crippen LogP contribution >= 0.6 is 15.9 Å². The SMILES string of the molecule is Cc1cccc(OCCCC(=O)OCC(=O)Nc2ccc([N+](=O)[O-])cc2Br)c1. The second-order valence-corrected chi connectivity index (χ2v) is 6.75. The Morgan fingerprint density at radius 1 is 1.21 bits per heavy atom. The molecule has 0 heterocycles. The number of nitrogens with one attached hydrogen (secondary N) is 1. The number of anilines is 1. The number of hydrogen-bond donors (Lipinski definition) is 1. The molecule has 0 radical (unpaired) electrons. The van der Waals surface area contributed by atoms with E-state index in [2.05, 4.69) is 21.2 Å². The molecule has 148 valence electrons. The zero-order chi connectivity index (χ0) is 20.5. The number of aryl methyl sites for hydroxylation is 1. The van der Waals surface area contributed by atoms with Crippen LogP contribution in [0.5, 0.6) is 5.75 Å². The standard InChI is InChI=1S/C19H19BrN2O6/c1-13-4-2-5-15(10-13)27-9-3-6-19(24)28-12-18(23)21-17-8-7-14(22(25)26)11-16(17)20/h2,4-5,7-8,10-11H,3,6,9,12H2,1H3,(H,21,23). The molecule has 0 aliphatic rings. The van der Waals surface area contributed by atoms with Crippen LogP contribution < -0.4 is 10.1 Å². The van der Waals surface area contributed by atoms with Gasteiger partial charge in [0, 0.05) is 23.0 Å². The lowest BCUT2D eigenvalue weighted by Crippen LogP contribution is -2.21. The van der Waals surface area contributed by atoms with Crippen LogP contribution in [0.15, 0.2) is 46.9 Å². The van der Waals surface area contributed by atoms with Crippen LogP contribution in [0, 0.1) is 17.0 Å². The molecular weight excluding hydrogens is 432 g/mol. The molecular formula is C19H19BrN2O6. The van der Waals surface area contributed by atoms with Crippen molar-refractivity contribution in [1.82, 2.24) is 0 Å². The fraction of sp³-hybridized carbons (Fsp3) is 0.263. The molecule has 0 aliphatic carbocycles. The quantitative estimate of drug-likeness (QED) is 0.267. The highest BCUT2D eigenvalue weighted by atomic mass is 79.9. The van der Waals surface area contributed by atoms with Crippen LogP contribution in [0.25, 0.3) is 0 Å². The van der Waals surface area contributed by atoms with E-state index >= 15 is 0 Å². The number of nitro benzene ring substituents is 1. The number of benzene rings is 2. The van der Waals surface area contributed by atoms with Crippen LogP contribution in [0.1, 0.15) is 18.4 Å². The van der Waals surface area contributed by atoms with Gasteiger partial charge in [0.2, 0.25) is 0 Å². The first-order chi connectivity index (χ1) is 13.3. The fourth-order valence-corrected chi connectivity index (χ4v) is 2.70. The van der Waals surface area contributed by atoms with Gasteiger partial charge in [-0.05, 0) is 53.0 Å². The van der Waals surface area contributed by atoms with Crippen LogP contribution in [-0.2, 0) is 14.3 Å². The summed E-state index contributed by atoms with van der Waals surface area (Å²) in [5.41, 5.74) is 1.32. The van der Waals surface area contributed by atoms with Gasteiger partial charge in [-0.15, -0.1) is 0 Å². The smallest absolute Gasteiger partial charge is 0.306 e. The van der Waals surface area contributed by atoms with E-state index in [0.29, 0.717) is 23.2 Å². The maximum atomic E-state index is 11.9. The van der Waals surface area contributed by atoms with Crippen molar-refractivity contribution in [1.29, 1.82) is 0 Å². The monoisotopic (exact) mass is 450 g/mol. The molecule has 0 aliphatic heterocycles. The maximum Gasteiger partial charge on any atom is 0.306 e. The van der Waals surface area contributed by atoms with E-state index in [4.69, 9.17) is 9.47 Å². The Balaban J connectivity index is 1.68. The molecule has 0 spiro atoms. The summed E-state index contributed by atoms with van der Waals surface area (Å²) in [6.07, 6.45) is 0.586. The first kappa shape index (κ1) is 21.4. The Labute approximate surface area is 170 Å². The van der Waals surface area contributed by atoms with Gasteiger partial charge in [0.05, 0.1) is 17.2 Å². The van der Waals surface area contributed by atoms with Crippen molar-refractivity contribution in [2.24, 2.45) is 0 Å². The van der Waals surface area contributed by atoms with E-state index in [1.807, 2.05) is 31.2 Å². The molecule has 0 saturated carbocycles. The van der Waals surface area contributed by atoms with Crippen LogP contribution in [0.2, 0.25) is 0 Å². The van der Waals surface area contributed by atoms with E-state index in [9.17, 15) is 19.7 Å². The van der Waals surface area contributed by atoms with Crippen LogP contribution in [-0.4, -0.2) is 30.0 Å². The molecule has 2 aromatic rings. The predicted octanol–water partition coefficient (Wildman–Crippen LogP) is 4.01. The summed E-state index contributed by atoms with van der Waals surface area (Å²) in [6, 6.07) is 11.5. The summed E-state index contributed by atoms with van der Waals surface area (Å²) >= 11 is 3.15. The molecule has 1 amide bonds. The number of carbonyl (C=O) groups excluding carboxylic acids is 2. The van der Waals surface area contributed by atoms with Crippen molar-refractivity contribution in [2.75, 3.05) is 18.5 Å². The highest BCUT2D eigenvalue weighted by Crippen LogP contribution is 2.27. The van der Waals surface area contributed by atoms with Gasteiger partial charge < -0.3 is 14.8 Å². The molecule has 28 heavy (non-hydrogen) atoms. The summed E-state index contributed by atoms with van der Waals surface area (Å²) in [4.78, 5) is 33.7. The Bertz CT molecular complexity index is 871. The number of nitrogens with zero attached hydrogens (tertiary/aromatic N) is 1. The van der Waals surface area contributed by atoms with Crippen molar-refractivity contribution >= 4 is 39.2 Å². The van der Waals surface area contributed by atoms with Gasteiger partial charge in [-0.25, -0.2) is 0 Å². The molecule has 2 rings (SSSR count). The lowest BCUT2D eigenvalue weighted by atomic mass is 10.2. The highest BCUT2D eigenvalue weighted by Gasteiger charge is 2.12. The van der Waals surface area contributed by atoms with Crippen molar-refractivity contribution < 1.29 is 24.0 Å². The number of non-ortho nitro benzene ring substituents is 1. The van der Waals surface area contributed by atoms with E-state index in [0.717, 1.165) is 11.3 Å². The molecule has 8 nitrogen and oxygen atoms in total. The minimum atomic E-state index is -0.543. The normalized spacial score (nSPS) is 10.2. The number of ether oxygens (including phenoxy) is 2. The van der Waals surface area contributed by atoms with Gasteiger partial charge in [0.15, 0.2) is 6.61 Å². The molecule has 2 aromatic carbocycles. The second-order valence-electron chi connectivity index (χ2n) is 5.90. The first-order valence-electron chi connectivity index (χ1n) is 8.44.